The van der Waals surface area contributed by atoms with Gasteiger partial charge in [-0.15, -0.1) is 0 Å². The zero-order valence-electron chi connectivity index (χ0n) is 14.4. The second kappa shape index (κ2) is 4.22. The van der Waals surface area contributed by atoms with Crippen LogP contribution in [0.3, 0.4) is 0 Å². The minimum Gasteiger partial charge on any atom is -0.0619 e. The van der Waals surface area contributed by atoms with Crippen LogP contribution in [0.2, 0.25) is 0 Å². The van der Waals surface area contributed by atoms with Gasteiger partial charge in [0, 0.05) is 0 Å². The molecule has 2 aromatic rings. The SMILES string of the molecule is Cc1cc2c(c(C)c1C)-c1ccccc1C(C)(C)C2(C)C. The van der Waals surface area contributed by atoms with Crippen molar-refractivity contribution in [3.05, 3.63) is 58.1 Å². The van der Waals surface area contributed by atoms with Gasteiger partial charge in [0.1, 0.15) is 0 Å². The lowest BCUT2D eigenvalue weighted by Gasteiger charge is -2.49. The van der Waals surface area contributed by atoms with Crippen molar-refractivity contribution < 1.29 is 0 Å². The van der Waals surface area contributed by atoms with Gasteiger partial charge in [-0.3, -0.25) is 0 Å². The Morgan fingerprint density at radius 3 is 1.95 bits per heavy atom. The van der Waals surface area contributed by atoms with Gasteiger partial charge in [-0.1, -0.05) is 58.0 Å². The average molecular weight is 278 g/mol. The lowest BCUT2D eigenvalue weighted by atomic mass is 9.54. The standard InChI is InChI=1S/C21H26/c1-13-12-18-19(15(3)14(13)2)16-10-8-9-11-17(16)20(4,5)21(18,6)7/h8-12H,1-7H3. The van der Waals surface area contributed by atoms with E-state index in [1.54, 1.807) is 0 Å². The highest BCUT2D eigenvalue weighted by Gasteiger charge is 2.46. The first-order valence-corrected chi connectivity index (χ1v) is 7.90. The van der Waals surface area contributed by atoms with Crippen LogP contribution in [0, 0.1) is 20.8 Å². The summed E-state index contributed by atoms with van der Waals surface area (Å²) in [6.07, 6.45) is 0. The van der Waals surface area contributed by atoms with Crippen molar-refractivity contribution in [3.8, 4) is 11.1 Å². The number of hydrogen-bond acceptors (Lipinski definition) is 0. The molecule has 0 fully saturated rings. The lowest BCUT2D eigenvalue weighted by molar-refractivity contribution is 0.298. The largest absolute Gasteiger partial charge is 0.0619 e. The quantitative estimate of drug-likeness (QED) is 0.567. The third kappa shape index (κ3) is 1.68. The van der Waals surface area contributed by atoms with Crippen LogP contribution in [0.15, 0.2) is 30.3 Å². The van der Waals surface area contributed by atoms with Gasteiger partial charge in [0.05, 0.1) is 0 Å². The molecule has 2 aromatic carbocycles. The van der Waals surface area contributed by atoms with Gasteiger partial charge in [0.2, 0.25) is 0 Å². The molecule has 0 atom stereocenters. The molecule has 0 heteroatoms. The molecule has 0 unspecified atom stereocenters. The minimum absolute atomic E-state index is 0.125. The molecule has 0 saturated heterocycles. The van der Waals surface area contributed by atoms with Crippen LogP contribution in [0.1, 0.15) is 55.5 Å². The van der Waals surface area contributed by atoms with Crippen LogP contribution < -0.4 is 0 Å². The molecule has 0 amide bonds. The van der Waals surface area contributed by atoms with Crippen molar-refractivity contribution in [1.29, 1.82) is 0 Å². The molecule has 0 saturated carbocycles. The summed E-state index contributed by atoms with van der Waals surface area (Å²) in [6, 6.07) is 11.4. The van der Waals surface area contributed by atoms with Crippen molar-refractivity contribution in [1.82, 2.24) is 0 Å². The third-order valence-corrected chi connectivity index (χ3v) is 6.26. The Labute approximate surface area is 129 Å². The molecule has 0 bridgehead atoms. The van der Waals surface area contributed by atoms with Crippen LogP contribution in [-0.4, -0.2) is 0 Å². The summed E-state index contributed by atoms with van der Waals surface area (Å²) in [7, 11) is 0. The Morgan fingerprint density at radius 1 is 0.714 bits per heavy atom. The van der Waals surface area contributed by atoms with Gasteiger partial charge < -0.3 is 0 Å². The van der Waals surface area contributed by atoms with Gasteiger partial charge in [-0.25, -0.2) is 0 Å². The van der Waals surface area contributed by atoms with Crippen molar-refractivity contribution >= 4 is 0 Å². The zero-order chi connectivity index (χ0) is 15.6. The molecular formula is C21H26. The van der Waals surface area contributed by atoms with E-state index >= 15 is 0 Å². The Balaban J connectivity index is 2.51. The monoisotopic (exact) mass is 278 g/mol. The molecule has 0 radical (unpaired) electrons. The maximum atomic E-state index is 2.43. The van der Waals surface area contributed by atoms with Crippen molar-refractivity contribution in [2.24, 2.45) is 0 Å². The van der Waals surface area contributed by atoms with Crippen molar-refractivity contribution in [3.63, 3.8) is 0 Å². The number of hydrogen-bond donors (Lipinski definition) is 0. The van der Waals surface area contributed by atoms with Crippen molar-refractivity contribution in [2.45, 2.75) is 59.3 Å². The first kappa shape index (κ1) is 14.4. The summed E-state index contributed by atoms with van der Waals surface area (Å²) < 4.78 is 0. The smallest absolute Gasteiger partial charge is 0.000548 e. The van der Waals surface area contributed by atoms with Crippen LogP contribution in [0.4, 0.5) is 0 Å². The zero-order valence-corrected chi connectivity index (χ0v) is 14.4. The van der Waals surface area contributed by atoms with E-state index in [4.69, 9.17) is 0 Å². The van der Waals surface area contributed by atoms with E-state index in [1.165, 1.54) is 38.9 Å². The fraction of sp³-hybridized carbons (Fsp3) is 0.429. The average Bonchev–Trinajstić information content (AvgIpc) is 2.43. The third-order valence-electron chi connectivity index (χ3n) is 6.26. The molecule has 0 aromatic heterocycles. The Morgan fingerprint density at radius 2 is 1.29 bits per heavy atom. The van der Waals surface area contributed by atoms with Crippen LogP contribution in [0.5, 0.6) is 0 Å². The predicted octanol–water partition coefficient (Wildman–Crippen LogP) is 5.85. The fourth-order valence-corrected chi connectivity index (χ4v) is 3.84. The Hall–Kier alpha value is -1.56. The Bertz CT molecular complexity index is 730. The van der Waals surface area contributed by atoms with Crippen LogP contribution in [0.25, 0.3) is 11.1 Å². The van der Waals surface area contributed by atoms with E-state index in [-0.39, 0.29) is 10.8 Å². The lowest BCUT2D eigenvalue weighted by Crippen LogP contribution is -2.43. The summed E-state index contributed by atoms with van der Waals surface area (Å²) >= 11 is 0. The predicted molar refractivity (Wildman–Crippen MR) is 92.1 cm³/mol. The first-order valence-electron chi connectivity index (χ1n) is 7.90. The molecule has 21 heavy (non-hydrogen) atoms. The van der Waals surface area contributed by atoms with Crippen molar-refractivity contribution in [2.75, 3.05) is 0 Å². The van der Waals surface area contributed by atoms with Gasteiger partial charge in [-0.05, 0) is 70.5 Å². The number of benzene rings is 2. The number of aryl methyl sites for hydroxylation is 1. The molecule has 1 aliphatic rings. The summed E-state index contributed by atoms with van der Waals surface area (Å²) in [5, 5.41) is 0. The fourth-order valence-electron chi connectivity index (χ4n) is 3.84. The van der Waals surface area contributed by atoms with Gasteiger partial charge >= 0.3 is 0 Å². The Kier molecular flexibility index (Phi) is 2.89. The molecule has 1 aliphatic carbocycles. The highest BCUT2D eigenvalue weighted by Crippen LogP contribution is 2.54. The number of rotatable bonds is 0. The molecule has 0 aliphatic heterocycles. The van der Waals surface area contributed by atoms with Gasteiger partial charge in [0.15, 0.2) is 0 Å². The molecule has 3 rings (SSSR count). The van der Waals surface area contributed by atoms with E-state index in [0.717, 1.165) is 0 Å². The van der Waals surface area contributed by atoms with E-state index in [0.29, 0.717) is 0 Å². The topological polar surface area (TPSA) is 0 Å². The normalized spacial score (nSPS) is 18.0. The van der Waals surface area contributed by atoms with Gasteiger partial charge in [0.25, 0.3) is 0 Å². The maximum absolute atomic E-state index is 2.43. The summed E-state index contributed by atoms with van der Waals surface area (Å²) in [5.41, 5.74) is 10.4. The molecule has 0 heterocycles. The minimum atomic E-state index is 0.125. The summed E-state index contributed by atoms with van der Waals surface area (Å²) in [6.45, 7) is 16.4. The molecule has 0 nitrogen and oxygen atoms in total. The second-order valence-electron chi connectivity index (χ2n) is 7.66. The first-order chi connectivity index (χ1) is 9.69. The highest BCUT2D eigenvalue weighted by molar-refractivity contribution is 5.81. The molecule has 0 N–H and O–H groups in total. The maximum Gasteiger partial charge on any atom is -0.000548 e. The summed E-state index contributed by atoms with van der Waals surface area (Å²) in [5.74, 6) is 0. The van der Waals surface area contributed by atoms with Gasteiger partial charge in [-0.2, -0.15) is 0 Å². The van der Waals surface area contributed by atoms with E-state index in [2.05, 4.69) is 78.8 Å². The van der Waals surface area contributed by atoms with E-state index in [9.17, 15) is 0 Å². The van der Waals surface area contributed by atoms with Crippen LogP contribution in [-0.2, 0) is 10.8 Å². The van der Waals surface area contributed by atoms with Crippen LogP contribution >= 0.6 is 0 Å². The van der Waals surface area contributed by atoms with E-state index < -0.39 is 0 Å². The molecular weight excluding hydrogens is 252 g/mol. The highest BCUT2D eigenvalue weighted by atomic mass is 14.5. The van der Waals surface area contributed by atoms with E-state index in [1.807, 2.05) is 0 Å². The second-order valence-corrected chi connectivity index (χ2v) is 7.66. The molecule has 110 valence electrons. The number of fused-ring (bicyclic) bond motifs is 3. The summed E-state index contributed by atoms with van der Waals surface area (Å²) in [4.78, 5) is 0. The molecule has 0 spiro atoms.